The van der Waals surface area contributed by atoms with E-state index in [9.17, 15) is 30.3 Å². The molecule has 2 heterocycles. The van der Waals surface area contributed by atoms with Gasteiger partial charge in [-0.1, -0.05) is 39.8 Å². The predicted molar refractivity (Wildman–Crippen MR) is 123 cm³/mol. The Balaban J connectivity index is 1.40. The minimum Gasteiger partial charge on any atom is -0.492 e. The molecule has 0 amide bonds. The molecule has 12 heteroatoms. The third-order valence-electron chi connectivity index (χ3n) is 4.42. The summed E-state index contributed by atoms with van der Waals surface area (Å²) in [5.41, 5.74) is 0.601. The van der Waals surface area contributed by atoms with Crippen LogP contribution >= 0.6 is 21.6 Å². The van der Waals surface area contributed by atoms with E-state index in [0.29, 0.717) is 15.0 Å². The van der Waals surface area contributed by atoms with Gasteiger partial charge in [0.1, 0.15) is 0 Å². The summed E-state index contributed by atoms with van der Waals surface area (Å²) >= 11 is 0. The lowest BCUT2D eigenvalue weighted by molar-refractivity contribution is -0.117. The number of nitrogens with zero attached hydrogens (tertiary/aromatic N) is 2. The van der Waals surface area contributed by atoms with Crippen molar-refractivity contribution >= 4 is 27.6 Å². The average molecular weight is 503 g/mol. The highest BCUT2D eigenvalue weighted by molar-refractivity contribution is 8.76. The molecule has 0 saturated carbocycles. The van der Waals surface area contributed by atoms with Crippen molar-refractivity contribution in [3.63, 3.8) is 0 Å². The molecule has 0 bridgehead atoms. The predicted octanol–water partition coefficient (Wildman–Crippen LogP) is 3.30. The zero-order valence-electron chi connectivity index (χ0n) is 17.2. The van der Waals surface area contributed by atoms with E-state index in [1.807, 2.05) is 6.07 Å². The second kappa shape index (κ2) is 9.95. The Morgan fingerprint density at radius 3 is 1.88 bits per heavy atom. The van der Waals surface area contributed by atoms with Gasteiger partial charge in [-0.2, -0.15) is 0 Å². The van der Waals surface area contributed by atoms with Gasteiger partial charge in [-0.05, 0) is 30.3 Å². The number of hydrogen-bond acceptors (Lipinski definition) is 10. The van der Waals surface area contributed by atoms with Gasteiger partial charge in [0, 0.05) is 39.6 Å². The van der Waals surface area contributed by atoms with Crippen molar-refractivity contribution in [3.05, 3.63) is 83.9 Å². The lowest BCUT2D eigenvalue weighted by Gasteiger charge is -2.15. The molecule has 4 aromatic rings. The van der Waals surface area contributed by atoms with Crippen LogP contribution in [0.4, 0.5) is 0 Å². The highest BCUT2D eigenvalue weighted by atomic mass is 33.1. The van der Waals surface area contributed by atoms with Crippen LogP contribution in [0.5, 0.6) is 23.5 Å². The lowest BCUT2D eigenvalue weighted by Crippen LogP contribution is -2.19. The van der Waals surface area contributed by atoms with Gasteiger partial charge >= 0.3 is 5.97 Å². The molecular weight excluding hydrogens is 484 g/mol. The van der Waals surface area contributed by atoms with Crippen LogP contribution in [0.1, 0.15) is 22.2 Å². The van der Waals surface area contributed by atoms with E-state index in [4.69, 9.17) is 9.68 Å². The topological polar surface area (TPSA) is 147 Å². The maximum Gasteiger partial charge on any atom is 0.363 e. The first-order valence-electron chi connectivity index (χ1n) is 9.63. The molecule has 0 radical (unpaired) electrons. The number of rotatable bonds is 8. The minimum absolute atomic E-state index is 0.210. The first-order valence-corrected chi connectivity index (χ1v) is 11.8. The number of carbonyl (C=O) groups is 1. The van der Waals surface area contributed by atoms with Crippen LogP contribution in [0.2, 0.25) is 0 Å². The van der Waals surface area contributed by atoms with E-state index in [2.05, 4.69) is 0 Å². The molecule has 0 aliphatic carbocycles. The smallest absolute Gasteiger partial charge is 0.363 e. The van der Waals surface area contributed by atoms with Crippen LogP contribution in [0.15, 0.2) is 82.6 Å². The number of aliphatic hydroxyl groups excluding tert-OH is 1. The van der Waals surface area contributed by atoms with E-state index in [0.717, 1.165) is 9.79 Å². The molecule has 0 aliphatic heterocycles. The standard InChI is InChI=1S/C22H18N2O8S2/c25-17-7-8-18(26)23(17)31-21(29)13-3-1-5-15(11-13)33-34-16-6-2-4-14(12-16)22(30)32-24-19(27)9-10-20(24)28/h1-12,21,25-29H. The maximum absolute atomic E-state index is 12.4. The van der Waals surface area contributed by atoms with Gasteiger partial charge in [0.05, 0.1) is 5.56 Å². The van der Waals surface area contributed by atoms with Crippen molar-refractivity contribution in [3.8, 4) is 23.5 Å². The molecule has 34 heavy (non-hydrogen) atoms. The second-order valence-electron chi connectivity index (χ2n) is 6.79. The van der Waals surface area contributed by atoms with Crippen LogP contribution in [-0.2, 0) is 0 Å². The first-order chi connectivity index (χ1) is 16.3. The summed E-state index contributed by atoms with van der Waals surface area (Å²) in [5, 5.41) is 48.9. The summed E-state index contributed by atoms with van der Waals surface area (Å²) in [7, 11) is 2.70. The van der Waals surface area contributed by atoms with Crippen molar-refractivity contribution in [1.29, 1.82) is 0 Å². The van der Waals surface area contributed by atoms with E-state index < -0.39 is 24.0 Å². The van der Waals surface area contributed by atoms with Crippen LogP contribution in [0.25, 0.3) is 0 Å². The molecule has 1 unspecified atom stereocenters. The quantitative estimate of drug-likeness (QED) is 0.180. The van der Waals surface area contributed by atoms with E-state index in [1.54, 1.807) is 36.4 Å². The van der Waals surface area contributed by atoms with Gasteiger partial charge in [-0.25, -0.2) is 4.79 Å². The monoisotopic (exact) mass is 502 g/mol. The Kier molecular flexibility index (Phi) is 6.82. The Morgan fingerprint density at radius 1 is 0.735 bits per heavy atom. The van der Waals surface area contributed by atoms with Crippen molar-refractivity contribution in [2.24, 2.45) is 0 Å². The summed E-state index contributed by atoms with van der Waals surface area (Å²) in [4.78, 5) is 24.1. The minimum atomic E-state index is -1.45. The molecule has 1 atom stereocenters. The Morgan fingerprint density at radius 2 is 1.26 bits per heavy atom. The average Bonchev–Trinajstić information content (AvgIpc) is 3.33. The SMILES string of the molecule is O=C(On1c(O)ccc1O)c1cccc(SSc2cccc(C(O)On3c(O)ccc3O)c2)c1. The molecule has 0 fully saturated rings. The van der Waals surface area contributed by atoms with Crippen molar-refractivity contribution < 1.29 is 40.0 Å². The number of aliphatic hydroxyl groups is 1. The summed E-state index contributed by atoms with van der Waals surface area (Å²) in [6.07, 6.45) is -1.45. The Hall–Kier alpha value is -3.87. The van der Waals surface area contributed by atoms with E-state index >= 15 is 0 Å². The fourth-order valence-electron chi connectivity index (χ4n) is 2.79. The molecule has 2 aromatic heterocycles. The number of aromatic hydroxyl groups is 4. The molecule has 0 spiro atoms. The van der Waals surface area contributed by atoms with Crippen LogP contribution in [0, 0.1) is 0 Å². The van der Waals surface area contributed by atoms with Gasteiger partial charge in [0.25, 0.3) is 0 Å². The normalized spacial score (nSPS) is 11.8. The zero-order valence-corrected chi connectivity index (χ0v) is 18.8. The fourth-order valence-corrected chi connectivity index (χ4v) is 4.81. The molecular formula is C22H18N2O8S2. The summed E-state index contributed by atoms with van der Waals surface area (Å²) in [6.45, 7) is 0. The van der Waals surface area contributed by atoms with Crippen molar-refractivity contribution in [2.75, 3.05) is 0 Å². The van der Waals surface area contributed by atoms with E-state index in [1.165, 1.54) is 51.9 Å². The molecule has 0 aliphatic rings. The van der Waals surface area contributed by atoms with Gasteiger partial charge in [0.2, 0.25) is 29.8 Å². The van der Waals surface area contributed by atoms with Crippen molar-refractivity contribution in [2.45, 2.75) is 16.1 Å². The molecule has 10 nitrogen and oxygen atoms in total. The van der Waals surface area contributed by atoms with Crippen LogP contribution < -0.4 is 9.68 Å². The maximum atomic E-state index is 12.4. The second-order valence-corrected chi connectivity index (χ2v) is 9.07. The Bertz CT molecular complexity index is 1280. The van der Waals surface area contributed by atoms with Crippen molar-refractivity contribution in [1.82, 2.24) is 9.46 Å². The third-order valence-corrected chi connectivity index (χ3v) is 6.80. The van der Waals surface area contributed by atoms with Crippen LogP contribution in [-0.4, -0.2) is 41.0 Å². The van der Waals surface area contributed by atoms with Gasteiger partial charge in [-0.3, -0.25) is 0 Å². The highest BCUT2D eigenvalue weighted by Gasteiger charge is 2.16. The highest BCUT2D eigenvalue weighted by Crippen LogP contribution is 2.38. The summed E-state index contributed by atoms with van der Waals surface area (Å²) in [5.74, 6) is -2.33. The third kappa shape index (κ3) is 5.20. The Labute approximate surface area is 200 Å². The number of aromatic nitrogens is 2. The fraction of sp³-hybridized carbons (Fsp3) is 0.0455. The largest absolute Gasteiger partial charge is 0.492 e. The molecule has 2 aromatic carbocycles. The molecule has 176 valence electrons. The number of hydrogen-bond donors (Lipinski definition) is 5. The summed E-state index contributed by atoms with van der Waals surface area (Å²) in [6, 6.07) is 18.2. The van der Waals surface area contributed by atoms with Gasteiger partial charge in [0.15, 0.2) is 0 Å². The van der Waals surface area contributed by atoms with Crippen LogP contribution in [0.3, 0.4) is 0 Å². The lowest BCUT2D eigenvalue weighted by atomic mass is 10.2. The van der Waals surface area contributed by atoms with Gasteiger partial charge in [-0.15, -0.1) is 9.46 Å². The molecule has 0 saturated heterocycles. The van der Waals surface area contributed by atoms with Gasteiger partial charge < -0.3 is 35.2 Å². The number of benzene rings is 2. The molecule has 5 N–H and O–H groups in total. The molecule has 4 rings (SSSR count). The summed E-state index contributed by atoms with van der Waals surface area (Å²) < 4.78 is 1.32. The number of carbonyl (C=O) groups excluding carboxylic acids is 1. The first kappa shape index (κ1) is 23.3. The van der Waals surface area contributed by atoms with E-state index in [-0.39, 0.29) is 17.3 Å². The zero-order chi connectivity index (χ0) is 24.2.